The van der Waals surface area contributed by atoms with Crippen LogP contribution in [0.1, 0.15) is 31.2 Å². The van der Waals surface area contributed by atoms with Crippen LogP contribution in [-0.4, -0.2) is 40.4 Å². The molecule has 0 aromatic heterocycles. The molecule has 0 bridgehead atoms. The number of carbonyl (C=O) groups is 1. The van der Waals surface area contributed by atoms with Crippen molar-refractivity contribution in [2.75, 3.05) is 25.3 Å². The predicted octanol–water partition coefficient (Wildman–Crippen LogP) is 4.21. The SMILES string of the molecule is O=C(Nc1cccc(-c2ccc(S(=O)(=O)NC[C@@H]3CCCO3)cc2)c1)C1(c2ccc3c(c2)OCO3)CC1. The number of nitrogens with one attached hydrogen (secondary N) is 2. The van der Waals surface area contributed by atoms with Gasteiger partial charge >= 0.3 is 0 Å². The molecule has 1 aliphatic carbocycles. The number of anilines is 1. The number of sulfonamides is 1. The highest BCUT2D eigenvalue weighted by Crippen LogP contribution is 2.51. The van der Waals surface area contributed by atoms with E-state index in [4.69, 9.17) is 14.2 Å². The topological polar surface area (TPSA) is 103 Å². The molecule has 37 heavy (non-hydrogen) atoms. The summed E-state index contributed by atoms with van der Waals surface area (Å²) in [5.41, 5.74) is 2.77. The minimum atomic E-state index is -3.61. The minimum absolute atomic E-state index is 0.0535. The maximum absolute atomic E-state index is 13.3. The van der Waals surface area contributed by atoms with Gasteiger partial charge in [0.15, 0.2) is 11.5 Å². The van der Waals surface area contributed by atoms with E-state index in [1.165, 1.54) is 0 Å². The smallest absolute Gasteiger partial charge is 0.240 e. The molecule has 1 atom stereocenters. The molecule has 0 spiro atoms. The molecule has 8 nitrogen and oxygen atoms in total. The number of hydrogen-bond donors (Lipinski definition) is 2. The summed E-state index contributed by atoms with van der Waals surface area (Å²) in [4.78, 5) is 13.5. The highest BCUT2D eigenvalue weighted by Gasteiger charge is 2.51. The third-order valence-electron chi connectivity index (χ3n) is 7.25. The van der Waals surface area contributed by atoms with Crippen molar-refractivity contribution >= 4 is 21.6 Å². The van der Waals surface area contributed by atoms with Crippen LogP contribution in [-0.2, 0) is 25.0 Å². The molecule has 192 valence electrons. The van der Waals surface area contributed by atoms with Gasteiger partial charge in [-0.25, -0.2) is 13.1 Å². The number of amides is 1. The monoisotopic (exact) mass is 520 g/mol. The Morgan fingerprint density at radius 1 is 0.946 bits per heavy atom. The first kappa shape index (κ1) is 24.0. The van der Waals surface area contributed by atoms with E-state index in [1.54, 1.807) is 24.3 Å². The molecule has 0 radical (unpaired) electrons. The summed E-state index contributed by atoms with van der Waals surface area (Å²) in [6.45, 7) is 1.16. The Hall–Kier alpha value is -3.40. The average molecular weight is 521 g/mol. The van der Waals surface area contributed by atoms with E-state index in [9.17, 15) is 13.2 Å². The lowest BCUT2D eigenvalue weighted by molar-refractivity contribution is -0.118. The summed E-state index contributed by atoms with van der Waals surface area (Å²) >= 11 is 0. The fraction of sp³-hybridized carbons (Fsp3) is 0.321. The summed E-state index contributed by atoms with van der Waals surface area (Å²) < 4.78 is 44.3. The predicted molar refractivity (Wildman–Crippen MR) is 138 cm³/mol. The average Bonchev–Trinajstić information content (AvgIpc) is 3.31. The molecule has 2 aliphatic heterocycles. The molecule has 3 aromatic rings. The Kier molecular flexibility index (Phi) is 6.14. The molecule has 9 heteroatoms. The minimum Gasteiger partial charge on any atom is -0.454 e. The summed E-state index contributed by atoms with van der Waals surface area (Å²) in [6, 6.07) is 20.0. The quantitative estimate of drug-likeness (QED) is 0.461. The Balaban J connectivity index is 1.14. The van der Waals surface area contributed by atoms with Crippen molar-refractivity contribution in [2.24, 2.45) is 0 Å². The molecular weight excluding hydrogens is 492 g/mol. The molecule has 3 aliphatic rings. The second-order valence-corrected chi connectivity index (χ2v) is 11.5. The molecule has 2 N–H and O–H groups in total. The van der Waals surface area contributed by atoms with E-state index in [1.807, 2.05) is 42.5 Å². The number of carbonyl (C=O) groups excluding carboxylic acids is 1. The first-order valence-corrected chi connectivity index (χ1v) is 13.9. The zero-order valence-electron chi connectivity index (χ0n) is 20.2. The van der Waals surface area contributed by atoms with Crippen LogP contribution in [0.3, 0.4) is 0 Å². The van der Waals surface area contributed by atoms with Crippen LogP contribution in [0, 0.1) is 0 Å². The van der Waals surface area contributed by atoms with Crippen LogP contribution in [0.25, 0.3) is 11.1 Å². The Labute approximate surface area is 216 Å². The number of hydrogen-bond acceptors (Lipinski definition) is 6. The van der Waals surface area contributed by atoms with E-state index >= 15 is 0 Å². The van der Waals surface area contributed by atoms with Crippen LogP contribution in [0.2, 0.25) is 0 Å². The molecule has 0 unspecified atom stereocenters. The second kappa shape index (κ2) is 9.48. The Morgan fingerprint density at radius 3 is 2.51 bits per heavy atom. The highest BCUT2D eigenvalue weighted by molar-refractivity contribution is 7.89. The number of rotatable bonds is 8. The van der Waals surface area contributed by atoms with E-state index < -0.39 is 15.4 Å². The third kappa shape index (κ3) is 4.82. The lowest BCUT2D eigenvalue weighted by atomic mass is 9.94. The highest BCUT2D eigenvalue weighted by atomic mass is 32.2. The van der Waals surface area contributed by atoms with Crippen molar-refractivity contribution in [3.05, 3.63) is 72.3 Å². The first-order valence-electron chi connectivity index (χ1n) is 12.5. The van der Waals surface area contributed by atoms with Crippen LogP contribution in [0.15, 0.2) is 71.6 Å². The molecule has 1 amide bonds. The van der Waals surface area contributed by atoms with Crippen molar-refractivity contribution in [1.29, 1.82) is 0 Å². The van der Waals surface area contributed by atoms with Crippen molar-refractivity contribution in [3.8, 4) is 22.6 Å². The fourth-order valence-electron chi connectivity index (χ4n) is 4.91. The molecule has 1 saturated carbocycles. The number of ether oxygens (including phenoxy) is 3. The summed E-state index contributed by atoms with van der Waals surface area (Å²) in [7, 11) is -3.61. The number of fused-ring (bicyclic) bond motifs is 1. The summed E-state index contributed by atoms with van der Waals surface area (Å²) in [6.07, 6.45) is 3.31. The molecular formula is C28H28N2O6S. The van der Waals surface area contributed by atoms with Gasteiger partial charge in [-0.05, 0) is 78.8 Å². The van der Waals surface area contributed by atoms with Gasteiger partial charge < -0.3 is 19.5 Å². The molecule has 3 aromatic carbocycles. The van der Waals surface area contributed by atoms with Gasteiger partial charge in [0.25, 0.3) is 0 Å². The standard InChI is InChI=1S/C28H28N2O6S/c31-27(28(12-13-28)21-8-11-25-26(16-21)36-18-35-25)30-22-4-1-3-20(15-22)19-6-9-24(10-7-19)37(32,33)29-17-23-5-2-14-34-23/h1,3-4,6-11,15-16,23,29H,2,5,12-14,17-18H2,(H,30,31)/t23-/m0/s1. The lowest BCUT2D eigenvalue weighted by Crippen LogP contribution is -2.31. The van der Waals surface area contributed by atoms with Crippen LogP contribution in [0.5, 0.6) is 11.5 Å². The second-order valence-electron chi connectivity index (χ2n) is 9.70. The van der Waals surface area contributed by atoms with Crippen molar-refractivity contribution in [3.63, 3.8) is 0 Å². The van der Waals surface area contributed by atoms with E-state index in [0.717, 1.165) is 42.4 Å². The number of benzene rings is 3. The molecule has 2 heterocycles. The molecule has 2 fully saturated rings. The van der Waals surface area contributed by atoms with Gasteiger partial charge in [-0.1, -0.05) is 30.3 Å². The largest absolute Gasteiger partial charge is 0.454 e. The third-order valence-corrected chi connectivity index (χ3v) is 8.69. The van der Waals surface area contributed by atoms with Crippen LogP contribution < -0.4 is 19.5 Å². The maximum atomic E-state index is 13.3. The summed E-state index contributed by atoms with van der Waals surface area (Å²) in [5, 5.41) is 3.07. The zero-order chi connectivity index (χ0) is 25.5. The van der Waals surface area contributed by atoms with E-state index in [-0.39, 0.29) is 30.2 Å². The van der Waals surface area contributed by atoms with Gasteiger partial charge in [0.05, 0.1) is 16.4 Å². The first-order chi connectivity index (χ1) is 17.9. The van der Waals surface area contributed by atoms with Crippen LogP contribution in [0.4, 0.5) is 5.69 Å². The van der Waals surface area contributed by atoms with Gasteiger partial charge in [-0.15, -0.1) is 0 Å². The van der Waals surface area contributed by atoms with E-state index in [2.05, 4.69) is 10.0 Å². The van der Waals surface area contributed by atoms with Gasteiger partial charge in [0.1, 0.15) is 0 Å². The fourth-order valence-corrected chi connectivity index (χ4v) is 5.98. The summed E-state index contributed by atoms with van der Waals surface area (Å²) in [5.74, 6) is 1.32. The Bertz CT molecular complexity index is 1430. The van der Waals surface area contributed by atoms with Gasteiger partial charge in [-0.3, -0.25) is 4.79 Å². The van der Waals surface area contributed by atoms with Crippen molar-refractivity contribution in [1.82, 2.24) is 4.72 Å². The van der Waals surface area contributed by atoms with Crippen molar-refractivity contribution in [2.45, 2.75) is 42.1 Å². The molecule has 1 saturated heterocycles. The maximum Gasteiger partial charge on any atom is 0.240 e. The Morgan fingerprint density at radius 2 is 1.76 bits per heavy atom. The lowest BCUT2D eigenvalue weighted by Gasteiger charge is -2.17. The van der Waals surface area contributed by atoms with Gasteiger partial charge in [0.2, 0.25) is 22.7 Å². The van der Waals surface area contributed by atoms with E-state index in [0.29, 0.717) is 23.8 Å². The zero-order valence-corrected chi connectivity index (χ0v) is 21.1. The van der Waals surface area contributed by atoms with Gasteiger partial charge in [0, 0.05) is 18.8 Å². The van der Waals surface area contributed by atoms with Crippen LogP contribution >= 0.6 is 0 Å². The molecule has 6 rings (SSSR count). The van der Waals surface area contributed by atoms with Crippen molar-refractivity contribution < 1.29 is 27.4 Å². The van der Waals surface area contributed by atoms with Gasteiger partial charge in [-0.2, -0.15) is 0 Å². The normalized spacial score (nSPS) is 19.5.